The molecule has 0 aliphatic heterocycles. The zero-order chi connectivity index (χ0) is 14.0. The minimum atomic E-state index is -0.401. The van der Waals surface area contributed by atoms with Gasteiger partial charge in [-0.25, -0.2) is 4.79 Å². The third kappa shape index (κ3) is 2.67. The van der Waals surface area contributed by atoms with Crippen molar-refractivity contribution in [1.29, 1.82) is 0 Å². The predicted molar refractivity (Wildman–Crippen MR) is 72.5 cm³/mol. The van der Waals surface area contributed by atoms with Crippen molar-refractivity contribution in [3.8, 4) is 5.75 Å². The van der Waals surface area contributed by atoms with Crippen molar-refractivity contribution in [2.24, 2.45) is 0 Å². The molecule has 0 aliphatic carbocycles. The van der Waals surface area contributed by atoms with Crippen molar-refractivity contribution in [1.82, 2.24) is 0 Å². The number of hydrogen-bond acceptors (Lipinski definition) is 4. The Kier molecular flexibility index (Phi) is 3.69. The molecule has 0 atom stereocenters. The highest BCUT2D eigenvalue weighted by Crippen LogP contribution is 2.28. The molecular formula is C15H16O4. The van der Waals surface area contributed by atoms with Gasteiger partial charge in [-0.3, -0.25) is 4.79 Å². The van der Waals surface area contributed by atoms with E-state index >= 15 is 0 Å². The van der Waals surface area contributed by atoms with E-state index in [9.17, 15) is 9.59 Å². The second kappa shape index (κ2) is 5.26. The molecule has 0 bridgehead atoms. The highest BCUT2D eigenvalue weighted by atomic mass is 16.5. The Balaban J connectivity index is 2.64. The van der Waals surface area contributed by atoms with Crippen molar-refractivity contribution in [2.45, 2.75) is 33.6 Å². The summed E-state index contributed by atoms with van der Waals surface area (Å²) in [6.45, 7) is 5.58. The van der Waals surface area contributed by atoms with Gasteiger partial charge in [-0.05, 0) is 30.5 Å². The number of carbonyl (C=O) groups excluding carboxylic acids is 1. The monoisotopic (exact) mass is 260 g/mol. The molecule has 100 valence electrons. The molecule has 0 N–H and O–H groups in total. The molecule has 1 aromatic carbocycles. The summed E-state index contributed by atoms with van der Waals surface area (Å²) in [5.74, 6) is 0.166. The SMILES string of the molecule is CCC(=O)Oc1cc2oc(=O)cc(C)c2cc1CC. The number of ether oxygens (including phenoxy) is 1. The second-order valence-electron chi connectivity index (χ2n) is 4.39. The molecular weight excluding hydrogens is 244 g/mol. The molecule has 0 amide bonds. The van der Waals surface area contributed by atoms with Gasteiger partial charge in [0.2, 0.25) is 0 Å². The Morgan fingerprint density at radius 1 is 1.26 bits per heavy atom. The van der Waals surface area contributed by atoms with Crippen molar-refractivity contribution in [3.05, 3.63) is 39.7 Å². The second-order valence-corrected chi connectivity index (χ2v) is 4.39. The molecule has 2 aromatic rings. The van der Waals surface area contributed by atoms with Crippen LogP contribution in [0.25, 0.3) is 11.0 Å². The minimum absolute atomic E-state index is 0.302. The molecule has 1 heterocycles. The average molecular weight is 260 g/mol. The van der Waals surface area contributed by atoms with Crippen molar-refractivity contribution < 1.29 is 13.9 Å². The first-order valence-electron chi connectivity index (χ1n) is 6.33. The van der Waals surface area contributed by atoms with Gasteiger partial charge in [0.25, 0.3) is 0 Å². The first-order chi connectivity index (χ1) is 9.05. The normalized spacial score (nSPS) is 10.7. The van der Waals surface area contributed by atoms with E-state index < -0.39 is 5.63 Å². The van der Waals surface area contributed by atoms with Crippen molar-refractivity contribution in [3.63, 3.8) is 0 Å². The van der Waals surface area contributed by atoms with Crippen LogP contribution in [0.1, 0.15) is 31.4 Å². The van der Waals surface area contributed by atoms with Crippen LogP contribution in [0.15, 0.2) is 27.4 Å². The van der Waals surface area contributed by atoms with Crippen molar-refractivity contribution in [2.75, 3.05) is 0 Å². The Hall–Kier alpha value is -2.10. The highest BCUT2D eigenvalue weighted by molar-refractivity contribution is 5.84. The van der Waals surface area contributed by atoms with E-state index in [1.807, 2.05) is 19.9 Å². The number of hydrogen-bond donors (Lipinski definition) is 0. The van der Waals surface area contributed by atoms with Crippen LogP contribution in [0.5, 0.6) is 5.75 Å². The van der Waals surface area contributed by atoms with Crippen LogP contribution in [0.3, 0.4) is 0 Å². The van der Waals surface area contributed by atoms with E-state index in [1.54, 1.807) is 13.0 Å². The fourth-order valence-corrected chi connectivity index (χ4v) is 1.96. The summed E-state index contributed by atoms with van der Waals surface area (Å²) in [5, 5.41) is 0.868. The van der Waals surface area contributed by atoms with Gasteiger partial charge < -0.3 is 9.15 Å². The maximum atomic E-state index is 11.4. The van der Waals surface area contributed by atoms with Crippen LogP contribution < -0.4 is 10.4 Å². The van der Waals surface area contributed by atoms with E-state index in [0.29, 0.717) is 17.8 Å². The van der Waals surface area contributed by atoms with Crippen LogP contribution in [-0.2, 0) is 11.2 Å². The number of carbonyl (C=O) groups is 1. The van der Waals surface area contributed by atoms with Gasteiger partial charge in [0.05, 0.1) is 0 Å². The van der Waals surface area contributed by atoms with Gasteiger partial charge >= 0.3 is 11.6 Å². The number of fused-ring (bicyclic) bond motifs is 1. The molecule has 0 spiro atoms. The van der Waals surface area contributed by atoms with Crippen LogP contribution in [0.4, 0.5) is 0 Å². The Morgan fingerprint density at radius 3 is 2.63 bits per heavy atom. The van der Waals surface area contributed by atoms with Crippen molar-refractivity contribution >= 4 is 16.9 Å². The number of aryl methyl sites for hydroxylation is 2. The van der Waals surface area contributed by atoms with E-state index in [0.717, 1.165) is 22.9 Å². The minimum Gasteiger partial charge on any atom is -0.426 e. The van der Waals surface area contributed by atoms with E-state index in [4.69, 9.17) is 9.15 Å². The molecule has 0 unspecified atom stereocenters. The molecule has 0 fully saturated rings. The molecule has 0 saturated heterocycles. The smallest absolute Gasteiger partial charge is 0.336 e. The van der Waals surface area contributed by atoms with Gasteiger partial charge in [-0.1, -0.05) is 13.8 Å². The molecule has 0 radical (unpaired) electrons. The van der Waals surface area contributed by atoms with Gasteiger partial charge in [0.1, 0.15) is 11.3 Å². The molecule has 4 nitrogen and oxygen atoms in total. The summed E-state index contributed by atoms with van der Waals surface area (Å²) < 4.78 is 10.4. The number of esters is 1. The summed E-state index contributed by atoms with van der Waals surface area (Å²) in [7, 11) is 0. The Morgan fingerprint density at radius 2 is 2.00 bits per heavy atom. The third-order valence-corrected chi connectivity index (χ3v) is 3.03. The van der Waals surface area contributed by atoms with Gasteiger partial charge in [-0.15, -0.1) is 0 Å². The van der Waals surface area contributed by atoms with Crippen LogP contribution >= 0.6 is 0 Å². The van der Waals surface area contributed by atoms with Crippen LogP contribution in [-0.4, -0.2) is 5.97 Å². The number of benzene rings is 1. The van der Waals surface area contributed by atoms with Crippen LogP contribution in [0, 0.1) is 6.92 Å². The predicted octanol–water partition coefficient (Wildman–Crippen LogP) is 2.98. The molecule has 19 heavy (non-hydrogen) atoms. The number of rotatable bonds is 3. The molecule has 2 rings (SSSR count). The summed E-state index contributed by atoms with van der Waals surface area (Å²) >= 11 is 0. The summed E-state index contributed by atoms with van der Waals surface area (Å²) in [6, 6.07) is 4.99. The standard InChI is InChI=1S/C15H16O4/c1-4-10-7-11-9(3)6-15(17)19-13(11)8-12(10)18-14(16)5-2/h6-8H,4-5H2,1-3H3. The van der Waals surface area contributed by atoms with E-state index in [2.05, 4.69) is 0 Å². The zero-order valence-electron chi connectivity index (χ0n) is 11.3. The highest BCUT2D eigenvalue weighted by Gasteiger charge is 2.11. The zero-order valence-corrected chi connectivity index (χ0v) is 11.3. The summed E-state index contributed by atoms with van der Waals surface area (Å²) in [4.78, 5) is 22.8. The molecule has 0 aliphatic rings. The summed E-state index contributed by atoms with van der Waals surface area (Å²) in [5.41, 5.74) is 1.82. The first-order valence-corrected chi connectivity index (χ1v) is 6.33. The fourth-order valence-electron chi connectivity index (χ4n) is 1.96. The molecule has 1 aromatic heterocycles. The first kappa shape index (κ1) is 13.3. The maximum Gasteiger partial charge on any atom is 0.336 e. The van der Waals surface area contributed by atoms with E-state index in [1.165, 1.54) is 6.07 Å². The molecule has 4 heteroatoms. The van der Waals surface area contributed by atoms with Gasteiger partial charge in [0, 0.05) is 23.9 Å². The largest absolute Gasteiger partial charge is 0.426 e. The van der Waals surface area contributed by atoms with E-state index in [-0.39, 0.29) is 5.97 Å². The Labute approximate surface area is 111 Å². The van der Waals surface area contributed by atoms with Gasteiger partial charge in [0.15, 0.2) is 0 Å². The Bertz CT molecular complexity index is 682. The lowest BCUT2D eigenvalue weighted by atomic mass is 10.1. The van der Waals surface area contributed by atoms with Gasteiger partial charge in [-0.2, -0.15) is 0 Å². The fraction of sp³-hybridized carbons (Fsp3) is 0.333. The molecule has 0 saturated carbocycles. The van der Waals surface area contributed by atoms with Crippen LogP contribution in [0.2, 0.25) is 0 Å². The topological polar surface area (TPSA) is 56.5 Å². The maximum absolute atomic E-state index is 11.4. The summed E-state index contributed by atoms with van der Waals surface area (Å²) in [6.07, 6.45) is 1.04. The lowest BCUT2D eigenvalue weighted by molar-refractivity contribution is -0.134. The third-order valence-electron chi connectivity index (χ3n) is 3.03. The lowest BCUT2D eigenvalue weighted by Gasteiger charge is -2.10. The quantitative estimate of drug-likeness (QED) is 0.483. The average Bonchev–Trinajstić information content (AvgIpc) is 2.37. The lowest BCUT2D eigenvalue weighted by Crippen LogP contribution is -2.08.